The predicted octanol–water partition coefficient (Wildman–Crippen LogP) is 3.37. The van der Waals surface area contributed by atoms with Gasteiger partial charge in [0.15, 0.2) is 0 Å². The quantitative estimate of drug-likeness (QED) is 0.851. The number of benzene rings is 1. The number of nitrogens with one attached hydrogen (secondary N) is 1. The van der Waals surface area contributed by atoms with Gasteiger partial charge in [-0.25, -0.2) is 0 Å². The van der Waals surface area contributed by atoms with E-state index in [2.05, 4.69) is 28.2 Å². The van der Waals surface area contributed by atoms with E-state index < -0.39 is 0 Å². The maximum absolute atomic E-state index is 5.17. The lowest BCUT2D eigenvalue weighted by Gasteiger charge is -2.05. The van der Waals surface area contributed by atoms with Gasteiger partial charge in [0.2, 0.25) is 0 Å². The van der Waals surface area contributed by atoms with Crippen molar-refractivity contribution in [3.63, 3.8) is 0 Å². The predicted molar refractivity (Wildman–Crippen MR) is 64.6 cm³/mol. The average molecular weight is 219 g/mol. The van der Waals surface area contributed by atoms with Crippen molar-refractivity contribution in [3.05, 3.63) is 46.7 Å². The van der Waals surface area contributed by atoms with Crippen molar-refractivity contribution in [2.75, 3.05) is 12.4 Å². The topological polar surface area (TPSA) is 21.3 Å². The summed E-state index contributed by atoms with van der Waals surface area (Å²) in [5, 5.41) is 7.51. The van der Waals surface area contributed by atoms with Gasteiger partial charge in [-0.3, -0.25) is 0 Å². The SMILES string of the molecule is COc1cccc(CNc2ccsc2)c1. The Labute approximate surface area is 93.5 Å². The third-order valence-electron chi connectivity index (χ3n) is 2.15. The number of anilines is 1. The maximum atomic E-state index is 5.17. The van der Waals surface area contributed by atoms with E-state index in [1.165, 1.54) is 11.3 Å². The van der Waals surface area contributed by atoms with Gasteiger partial charge in [0.05, 0.1) is 7.11 Å². The van der Waals surface area contributed by atoms with E-state index in [1.807, 2.05) is 18.2 Å². The molecule has 1 N–H and O–H groups in total. The lowest BCUT2D eigenvalue weighted by Crippen LogP contribution is -1.98. The van der Waals surface area contributed by atoms with Gasteiger partial charge in [0.25, 0.3) is 0 Å². The molecule has 0 aliphatic rings. The Morgan fingerprint density at radius 2 is 2.27 bits per heavy atom. The highest BCUT2D eigenvalue weighted by Crippen LogP contribution is 2.16. The van der Waals surface area contributed by atoms with Gasteiger partial charge in [-0.15, -0.1) is 0 Å². The van der Waals surface area contributed by atoms with Gasteiger partial charge in [0, 0.05) is 17.6 Å². The summed E-state index contributed by atoms with van der Waals surface area (Å²) in [6, 6.07) is 10.2. The summed E-state index contributed by atoms with van der Waals surface area (Å²) < 4.78 is 5.17. The fourth-order valence-electron chi connectivity index (χ4n) is 1.35. The molecule has 1 aromatic heterocycles. The normalized spacial score (nSPS) is 9.93. The molecule has 2 rings (SSSR count). The first-order chi connectivity index (χ1) is 7.38. The molecule has 0 saturated heterocycles. The molecule has 0 aliphatic heterocycles. The second-order valence-corrected chi connectivity index (χ2v) is 4.00. The zero-order valence-corrected chi connectivity index (χ0v) is 9.38. The highest BCUT2D eigenvalue weighted by Gasteiger charge is 1.96. The van der Waals surface area contributed by atoms with Crippen molar-refractivity contribution in [3.8, 4) is 5.75 Å². The first-order valence-electron chi connectivity index (χ1n) is 4.77. The van der Waals surface area contributed by atoms with Crippen LogP contribution in [0.25, 0.3) is 0 Å². The fraction of sp³-hybridized carbons (Fsp3) is 0.167. The molecule has 3 heteroatoms. The van der Waals surface area contributed by atoms with Gasteiger partial charge >= 0.3 is 0 Å². The molecule has 0 unspecified atom stereocenters. The Morgan fingerprint density at radius 1 is 1.33 bits per heavy atom. The molecule has 0 fully saturated rings. The van der Waals surface area contributed by atoms with Crippen molar-refractivity contribution >= 4 is 17.0 Å². The molecule has 78 valence electrons. The van der Waals surface area contributed by atoms with Gasteiger partial charge in [-0.1, -0.05) is 12.1 Å². The maximum Gasteiger partial charge on any atom is 0.119 e. The molecule has 0 radical (unpaired) electrons. The monoisotopic (exact) mass is 219 g/mol. The van der Waals surface area contributed by atoms with Crippen LogP contribution in [0.5, 0.6) is 5.75 Å². The average Bonchev–Trinajstić information content (AvgIpc) is 2.79. The number of hydrogen-bond acceptors (Lipinski definition) is 3. The molecule has 0 aliphatic carbocycles. The van der Waals surface area contributed by atoms with E-state index in [0.717, 1.165) is 12.3 Å². The van der Waals surface area contributed by atoms with Crippen molar-refractivity contribution in [2.24, 2.45) is 0 Å². The third-order valence-corrected chi connectivity index (χ3v) is 2.84. The minimum atomic E-state index is 0.827. The number of hydrogen-bond donors (Lipinski definition) is 1. The fourth-order valence-corrected chi connectivity index (χ4v) is 1.96. The summed E-state index contributed by atoms with van der Waals surface area (Å²) in [6.07, 6.45) is 0. The molecule has 2 aromatic rings. The molecular formula is C12H13NOS. The first-order valence-corrected chi connectivity index (χ1v) is 5.72. The van der Waals surface area contributed by atoms with Crippen LogP contribution in [0.15, 0.2) is 41.1 Å². The Balaban J connectivity index is 1.98. The summed E-state index contributed by atoms with van der Waals surface area (Å²) >= 11 is 1.70. The second kappa shape index (κ2) is 4.84. The lowest BCUT2D eigenvalue weighted by molar-refractivity contribution is 0.414. The van der Waals surface area contributed by atoms with Crippen molar-refractivity contribution in [2.45, 2.75) is 6.54 Å². The van der Waals surface area contributed by atoms with Gasteiger partial charge in [-0.05, 0) is 29.1 Å². The van der Waals surface area contributed by atoms with Crippen LogP contribution in [0.4, 0.5) is 5.69 Å². The zero-order chi connectivity index (χ0) is 10.5. The summed E-state index contributed by atoms with van der Waals surface area (Å²) in [4.78, 5) is 0. The van der Waals surface area contributed by atoms with Crippen LogP contribution in [-0.2, 0) is 6.54 Å². The molecule has 1 heterocycles. The molecule has 2 nitrogen and oxygen atoms in total. The Kier molecular flexibility index (Phi) is 3.25. The molecule has 0 saturated carbocycles. The summed E-state index contributed by atoms with van der Waals surface area (Å²) in [6.45, 7) is 0.827. The molecule has 1 aromatic carbocycles. The van der Waals surface area contributed by atoms with E-state index in [1.54, 1.807) is 18.4 Å². The Bertz CT molecular complexity index is 411. The summed E-state index contributed by atoms with van der Waals surface area (Å²) in [7, 11) is 1.69. The third kappa shape index (κ3) is 2.73. The van der Waals surface area contributed by atoms with Crippen LogP contribution in [0.3, 0.4) is 0 Å². The summed E-state index contributed by atoms with van der Waals surface area (Å²) in [5.74, 6) is 0.902. The largest absolute Gasteiger partial charge is 0.497 e. The molecule has 0 amide bonds. The van der Waals surface area contributed by atoms with Crippen molar-refractivity contribution in [1.82, 2.24) is 0 Å². The van der Waals surface area contributed by atoms with E-state index in [0.29, 0.717) is 0 Å². The highest BCUT2D eigenvalue weighted by atomic mass is 32.1. The minimum Gasteiger partial charge on any atom is -0.497 e. The highest BCUT2D eigenvalue weighted by molar-refractivity contribution is 7.08. The van der Waals surface area contributed by atoms with Crippen LogP contribution in [0, 0.1) is 0 Å². The molecule has 0 spiro atoms. The van der Waals surface area contributed by atoms with Crippen LogP contribution in [-0.4, -0.2) is 7.11 Å². The van der Waals surface area contributed by atoms with E-state index in [4.69, 9.17) is 4.74 Å². The molecule has 0 atom stereocenters. The first kappa shape index (κ1) is 10.1. The van der Waals surface area contributed by atoms with Gasteiger partial charge in [0.1, 0.15) is 5.75 Å². The van der Waals surface area contributed by atoms with E-state index in [-0.39, 0.29) is 0 Å². The van der Waals surface area contributed by atoms with Gasteiger partial charge in [-0.2, -0.15) is 11.3 Å². The molecule has 0 bridgehead atoms. The number of methoxy groups -OCH3 is 1. The van der Waals surface area contributed by atoms with Crippen molar-refractivity contribution in [1.29, 1.82) is 0 Å². The minimum absolute atomic E-state index is 0.827. The number of ether oxygens (including phenoxy) is 1. The van der Waals surface area contributed by atoms with Crippen LogP contribution in [0.1, 0.15) is 5.56 Å². The molecular weight excluding hydrogens is 206 g/mol. The van der Waals surface area contributed by atoms with E-state index in [9.17, 15) is 0 Å². The van der Waals surface area contributed by atoms with Crippen molar-refractivity contribution < 1.29 is 4.74 Å². The van der Waals surface area contributed by atoms with Crippen LogP contribution >= 0.6 is 11.3 Å². The van der Waals surface area contributed by atoms with Crippen LogP contribution < -0.4 is 10.1 Å². The number of thiophene rings is 1. The molecule has 15 heavy (non-hydrogen) atoms. The Morgan fingerprint density at radius 3 is 3.00 bits per heavy atom. The lowest BCUT2D eigenvalue weighted by atomic mass is 10.2. The number of rotatable bonds is 4. The van der Waals surface area contributed by atoms with Crippen LogP contribution in [0.2, 0.25) is 0 Å². The zero-order valence-electron chi connectivity index (χ0n) is 8.57. The Hall–Kier alpha value is -1.48. The van der Waals surface area contributed by atoms with E-state index >= 15 is 0 Å². The smallest absolute Gasteiger partial charge is 0.119 e. The summed E-state index contributed by atoms with van der Waals surface area (Å²) in [5.41, 5.74) is 2.39. The standard InChI is InChI=1S/C12H13NOS/c1-14-12-4-2-3-10(7-12)8-13-11-5-6-15-9-11/h2-7,9,13H,8H2,1H3. The van der Waals surface area contributed by atoms with Gasteiger partial charge < -0.3 is 10.1 Å². The second-order valence-electron chi connectivity index (χ2n) is 3.22.